The Labute approximate surface area is 113 Å². The summed E-state index contributed by atoms with van der Waals surface area (Å²) in [6.45, 7) is 3.00. The Kier molecular flexibility index (Phi) is 6.91. The SMILES string of the molecule is COCC(CCCN)NC(C)c1ccc(F)cc1F. The molecule has 0 amide bonds. The predicted molar refractivity (Wildman–Crippen MR) is 71.9 cm³/mol. The van der Waals surface area contributed by atoms with Gasteiger partial charge in [0.25, 0.3) is 0 Å². The lowest BCUT2D eigenvalue weighted by atomic mass is 10.0. The van der Waals surface area contributed by atoms with E-state index in [-0.39, 0.29) is 12.1 Å². The molecule has 2 atom stereocenters. The van der Waals surface area contributed by atoms with Crippen molar-refractivity contribution >= 4 is 0 Å². The molecule has 0 heterocycles. The number of methoxy groups -OCH3 is 1. The summed E-state index contributed by atoms with van der Waals surface area (Å²) in [4.78, 5) is 0. The van der Waals surface area contributed by atoms with Crippen LogP contribution < -0.4 is 11.1 Å². The Bertz CT molecular complexity index is 388. The first-order valence-corrected chi connectivity index (χ1v) is 6.48. The molecule has 0 spiro atoms. The Morgan fingerprint density at radius 2 is 2.11 bits per heavy atom. The number of ether oxygens (including phenoxy) is 1. The van der Waals surface area contributed by atoms with Gasteiger partial charge in [0, 0.05) is 30.8 Å². The second kappa shape index (κ2) is 8.19. The molecule has 3 N–H and O–H groups in total. The highest BCUT2D eigenvalue weighted by Gasteiger charge is 2.16. The highest BCUT2D eigenvalue weighted by atomic mass is 19.1. The molecule has 108 valence electrons. The molecule has 1 aromatic rings. The molecule has 1 rings (SSSR count). The topological polar surface area (TPSA) is 47.3 Å². The molecule has 0 aliphatic rings. The van der Waals surface area contributed by atoms with E-state index >= 15 is 0 Å². The normalized spacial score (nSPS) is 14.4. The highest BCUT2D eigenvalue weighted by molar-refractivity contribution is 5.21. The standard InChI is InChI=1S/C14H22F2N2O/c1-10(13-6-5-11(15)8-14(13)16)18-12(9-19-2)4-3-7-17/h5-6,8,10,12,18H,3-4,7,9,17H2,1-2H3. The second-order valence-electron chi connectivity index (χ2n) is 4.64. The summed E-state index contributed by atoms with van der Waals surface area (Å²) in [5.41, 5.74) is 5.94. The molecule has 0 aliphatic carbocycles. The van der Waals surface area contributed by atoms with E-state index in [0.29, 0.717) is 18.7 Å². The van der Waals surface area contributed by atoms with Crippen LogP contribution in [0.5, 0.6) is 0 Å². The number of nitrogens with one attached hydrogen (secondary N) is 1. The molecule has 19 heavy (non-hydrogen) atoms. The summed E-state index contributed by atoms with van der Waals surface area (Å²) in [5, 5.41) is 3.29. The van der Waals surface area contributed by atoms with Crippen molar-refractivity contribution < 1.29 is 13.5 Å². The van der Waals surface area contributed by atoms with Gasteiger partial charge < -0.3 is 15.8 Å². The van der Waals surface area contributed by atoms with E-state index in [1.807, 2.05) is 6.92 Å². The van der Waals surface area contributed by atoms with Crippen molar-refractivity contribution in [2.45, 2.75) is 31.8 Å². The number of benzene rings is 1. The molecule has 0 saturated carbocycles. The minimum atomic E-state index is -0.565. The average molecular weight is 272 g/mol. The van der Waals surface area contributed by atoms with E-state index in [1.54, 1.807) is 7.11 Å². The molecular formula is C14H22F2N2O. The van der Waals surface area contributed by atoms with E-state index in [1.165, 1.54) is 12.1 Å². The van der Waals surface area contributed by atoms with Gasteiger partial charge >= 0.3 is 0 Å². The van der Waals surface area contributed by atoms with E-state index in [0.717, 1.165) is 18.9 Å². The molecule has 0 bridgehead atoms. The van der Waals surface area contributed by atoms with E-state index in [9.17, 15) is 8.78 Å². The van der Waals surface area contributed by atoms with Crippen LogP contribution in [0.4, 0.5) is 8.78 Å². The molecule has 0 fully saturated rings. The summed E-state index contributed by atoms with van der Waals surface area (Å²) in [6, 6.07) is 3.53. The third-order valence-electron chi connectivity index (χ3n) is 3.04. The maximum absolute atomic E-state index is 13.7. The number of hydrogen-bond acceptors (Lipinski definition) is 3. The lowest BCUT2D eigenvalue weighted by Crippen LogP contribution is -2.36. The van der Waals surface area contributed by atoms with Crippen LogP contribution in [0.3, 0.4) is 0 Å². The van der Waals surface area contributed by atoms with Crippen molar-refractivity contribution in [1.29, 1.82) is 0 Å². The van der Waals surface area contributed by atoms with Crippen molar-refractivity contribution in [2.75, 3.05) is 20.3 Å². The van der Waals surface area contributed by atoms with Gasteiger partial charge in [0.2, 0.25) is 0 Å². The molecule has 3 nitrogen and oxygen atoms in total. The van der Waals surface area contributed by atoms with Crippen molar-refractivity contribution in [3.8, 4) is 0 Å². The predicted octanol–water partition coefficient (Wildman–Crippen LogP) is 2.37. The minimum absolute atomic E-state index is 0.105. The summed E-state index contributed by atoms with van der Waals surface area (Å²) < 4.78 is 31.7. The van der Waals surface area contributed by atoms with Gasteiger partial charge in [-0.25, -0.2) is 8.78 Å². The van der Waals surface area contributed by atoms with Crippen LogP contribution in [-0.4, -0.2) is 26.3 Å². The molecule has 0 aliphatic heterocycles. The molecule has 1 aromatic carbocycles. The summed E-state index contributed by atoms with van der Waals surface area (Å²) in [5.74, 6) is -1.10. The Morgan fingerprint density at radius 3 is 2.68 bits per heavy atom. The van der Waals surface area contributed by atoms with Crippen LogP contribution in [0.2, 0.25) is 0 Å². The van der Waals surface area contributed by atoms with Gasteiger partial charge in [-0.1, -0.05) is 6.07 Å². The summed E-state index contributed by atoms with van der Waals surface area (Å²) in [7, 11) is 1.63. The van der Waals surface area contributed by atoms with Crippen LogP contribution in [0.25, 0.3) is 0 Å². The van der Waals surface area contributed by atoms with Gasteiger partial charge in [0.1, 0.15) is 11.6 Å². The van der Waals surface area contributed by atoms with Crippen molar-refractivity contribution in [3.63, 3.8) is 0 Å². The maximum atomic E-state index is 13.7. The van der Waals surface area contributed by atoms with Gasteiger partial charge in [0.15, 0.2) is 0 Å². The fraction of sp³-hybridized carbons (Fsp3) is 0.571. The molecule has 0 aromatic heterocycles. The van der Waals surface area contributed by atoms with Crippen LogP contribution >= 0.6 is 0 Å². The molecule has 0 radical (unpaired) electrons. The highest BCUT2D eigenvalue weighted by Crippen LogP contribution is 2.18. The zero-order valence-corrected chi connectivity index (χ0v) is 11.5. The van der Waals surface area contributed by atoms with Crippen molar-refractivity contribution in [1.82, 2.24) is 5.32 Å². The fourth-order valence-electron chi connectivity index (χ4n) is 2.08. The van der Waals surface area contributed by atoms with Gasteiger partial charge in [-0.3, -0.25) is 0 Å². The summed E-state index contributed by atoms with van der Waals surface area (Å²) >= 11 is 0. The second-order valence-corrected chi connectivity index (χ2v) is 4.64. The van der Waals surface area contributed by atoms with Crippen LogP contribution in [0.1, 0.15) is 31.4 Å². The molecule has 0 saturated heterocycles. The molecular weight excluding hydrogens is 250 g/mol. The van der Waals surface area contributed by atoms with E-state index < -0.39 is 11.6 Å². The van der Waals surface area contributed by atoms with E-state index in [4.69, 9.17) is 10.5 Å². The first-order valence-electron chi connectivity index (χ1n) is 6.48. The zero-order valence-electron chi connectivity index (χ0n) is 11.5. The maximum Gasteiger partial charge on any atom is 0.130 e. The quantitative estimate of drug-likeness (QED) is 0.764. The Hall–Kier alpha value is -1.04. The molecule has 2 unspecified atom stereocenters. The lowest BCUT2D eigenvalue weighted by Gasteiger charge is -2.23. The van der Waals surface area contributed by atoms with Crippen LogP contribution in [0.15, 0.2) is 18.2 Å². The largest absolute Gasteiger partial charge is 0.383 e. The monoisotopic (exact) mass is 272 g/mol. The van der Waals surface area contributed by atoms with Gasteiger partial charge in [-0.2, -0.15) is 0 Å². The number of rotatable bonds is 8. The molecule has 5 heteroatoms. The van der Waals surface area contributed by atoms with Crippen LogP contribution in [0, 0.1) is 11.6 Å². The third kappa shape index (κ3) is 5.22. The number of hydrogen-bond donors (Lipinski definition) is 2. The summed E-state index contributed by atoms with van der Waals surface area (Å²) in [6.07, 6.45) is 1.73. The number of nitrogens with two attached hydrogens (primary N) is 1. The lowest BCUT2D eigenvalue weighted by molar-refractivity contribution is 0.156. The fourth-order valence-corrected chi connectivity index (χ4v) is 2.08. The average Bonchev–Trinajstić information content (AvgIpc) is 2.36. The Morgan fingerprint density at radius 1 is 1.37 bits per heavy atom. The Balaban J connectivity index is 2.66. The van der Waals surface area contributed by atoms with Gasteiger partial charge in [-0.05, 0) is 32.4 Å². The third-order valence-corrected chi connectivity index (χ3v) is 3.04. The van der Waals surface area contributed by atoms with Gasteiger partial charge in [0.05, 0.1) is 6.61 Å². The van der Waals surface area contributed by atoms with E-state index in [2.05, 4.69) is 5.32 Å². The zero-order chi connectivity index (χ0) is 14.3. The first kappa shape index (κ1) is 16.0. The minimum Gasteiger partial charge on any atom is -0.383 e. The van der Waals surface area contributed by atoms with Gasteiger partial charge in [-0.15, -0.1) is 0 Å². The van der Waals surface area contributed by atoms with Crippen LogP contribution in [-0.2, 0) is 4.74 Å². The smallest absolute Gasteiger partial charge is 0.130 e. The van der Waals surface area contributed by atoms with Crippen molar-refractivity contribution in [3.05, 3.63) is 35.4 Å². The number of halogens is 2. The first-order chi connectivity index (χ1) is 9.08. The van der Waals surface area contributed by atoms with Crippen molar-refractivity contribution in [2.24, 2.45) is 5.73 Å².